The fraction of sp³-hybridized carbons (Fsp3) is 1.00. The van der Waals surface area contributed by atoms with Crippen LogP contribution in [0.1, 0.15) is 39.5 Å². The second-order valence-corrected chi connectivity index (χ2v) is 4.15. The average molecular weight is 184 g/mol. The van der Waals surface area contributed by atoms with Crippen LogP contribution in [0, 0.1) is 0 Å². The van der Waals surface area contributed by atoms with E-state index in [0.29, 0.717) is 0 Å². The van der Waals surface area contributed by atoms with Crippen molar-refractivity contribution in [1.29, 1.82) is 0 Å². The summed E-state index contributed by atoms with van der Waals surface area (Å²) in [6, 6.07) is 1.66. The lowest BCUT2D eigenvalue weighted by Gasteiger charge is -2.28. The SMILES string of the molecule is CCCC(CNCC)N(C)C1CC1. The molecule has 13 heavy (non-hydrogen) atoms. The highest BCUT2D eigenvalue weighted by Gasteiger charge is 2.30. The fourth-order valence-corrected chi connectivity index (χ4v) is 1.87. The first-order valence-corrected chi connectivity index (χ1v) is 5.72. The van der Waals surface area contributed by atoms with E-state index in [9.17, 15) is 0 Å². The van der Waals surface area contributed by atoms with Crippen LogP contribution in [0.4, 0.5) is 0 Å². The zero-order chi connectivity index (χ0) is 9.68. The molecule has 0 amide bonds. The van der Waals surface area contributed by atoms with Gasteiger partial charge in [-0.3, -0.25) is 4.90 Å². The molecule has 1 unspecified atom stereocenters. The van der Waals surface area contributed by atoms with Crippen molar-refractivity contribution in [2.75, 3.05) is 20.1 Å². The molecule has 0 saturated heterocycles. The molecule has 1 N–H and O–H groups in total. The molecule has 1 saturated carbocycles. The number of nitrogens with one attached hydrogen (secondary N) is 1. The topological polar surface area (TPSA) is 15.3 Å². The molecule has 0 heterocycles. The molecule has 0 radical (unpaired) electrons. The van der Waals surface area contributed by atoms with Gasteiger partial charge in [0.1, 0.15) is 0 Å². The molecule has 1 fully saturated rings. The molecular weight excluding hydrogens is 160 g/mol. The van der Waals surface area contributed by atoms with E-state index >= 15 is 0 Å². The molecule has 0 aromatic heterocycles. The van der Waals surface area contributed by atoms with Gasteiger partial charge in [0.2, 0.25) is 0 Å². The van der Waals surface area contributed by atoms with E-state index in [-0.39, 0.29) is 0 Å². The van der Waals surface area contributed by atoms with Crippen molar-refractivity contribution in [3.63, 3.8) is 0 Å². The third-order valence-electron chi connectivity index (χ3n) is 2.95. The van der Waals surface area contributed by atoms with E-state index in [1.807, 2.05) is 0 Å². The van der Waals surface area contributed by atoms with Crippen LogP contribution in [0.2, 0.25) is 0 Å². The standard InChI is InChI=1S/C11H24N2/c1-4-6-11(9-12-5-2)13(3)10-7-8-10/h10-12H,4-9H2,1-3H3. The maximum Gasteiger partial charge on any atom is 0.0220 e. The highest BCUT2D eigenvalue weighted by Crippen LogP contribution is 2.27. The van der Waals surface area contributed by atoms with Crippen molar-refractivity contribution in [2.45, 2.75) is 51.6 Å². The lowest BCUT2D eigenvalue weighted by atomic mass is 10.1. The molecular formula is C11H24N2. The van der Waals surface area contributed by atoms with Gasteiger partial charge in [0.25, 0.3) is 0 Å². The van der Waals surface area contributed by atoms with Crippen molar-refractivity contribution in [3.8, 4) is 0 Å². The predicted octanol–water partition coefficient (Wildman–Crippen LogP) is 1.86. The Morgan fingerprint density at radius 2 is 2.08 bits per heavy atom. The van der Waals surface area contributed by atoms with Gasteiger partial charge in [-0.15, -0.1) is 0 Å². The number of likely N-dealkylation sites (N-methyl/N-ethyl adjacent to an activating group) is 2. The van der Waals surface area contributed by atoms with Crippen LogP contribution in [0.15, 0.2) is 0 Å². The highest BCUT2D eigenvalue weighted by molar-refractivity contribution is 4.87. The average Bonchev–Trinajstić information content (AvgIpc) is 2.94. The van der Waals surface area contributed by atoms with Crippen LogP contribution >= 0.6 is 0 Å². The van der Waals surface area contributed by atoms with Crippen molar-refractivity contribution >= 4 is 0 Å². The Hall–Kier alpha value is -0.0800. The Morgan fingerprint density at radius 1 is 1.38 bits per heavy atom. The number of nitrogens with zero attached hydrogens (tertiary/aromatic N) is 1. The van der Waals surface area contributed by atoms with E-state index in [2.05, 4.69) is 31.1 Å². The van der Waals surface area contributed by atoms with Crippen LogP contribution < -0.4 is 5.32 Å². The first-order chi connectivity index (χ1) is 6.29. The van der Waals surface area contributed by atoms with E-state index in [1.165, 1.54) is 25.7 Å². The summed E-state index contributed by atoms with van der Waals surface area (Å²) in [6.07, 6.45) is 5.47. The van der Waals surface area contributed by atoms with Crippen molar-refractivity contribution in [3.05, 3.63) is 0 Å². The quantitative estimate of drug-likeness (QED) is 0.649. The van der Waals surface area contributed by atoms with Gasteiger partial charge in [0.15, 0.2) is 0 Å². The third-order valence-corrected chi connectivity index (χ3v) is 2.95. The molecule has 0 aliphatic heterocycles. The molecule has 78 valence electrons. The van der Waals surface area contributed by atoms with Gasteiger partial charge in [-0.05, 0) is 32.9 Å². The van der Waals surface area contributed by atoms with E-state index in [4.69, 9.17) is 0 Å². The molecule has 0 aromatic rings. The zero-order valence-electron chi connectivity index (χ0n) is 9.34. The minimum Gasteiger partial charge on any atom is -0.315 e. The van der Waals surface area contributed by atoms with E-state index in [1.54, 1.807) is 0 Å². The number of hydrogen-bond donors (Lipinski definition) is 1. The first kappa shape index (κ1) is 11.0. The molecule has 1 rings (SSSR count). The molecule has 2 heteroatoms. The summed E-state index contributed by atoms with van der Waals surface area (Å²) in [5.74, 6) is 0. The second-order valence-electron chi connectivity index (χ2n) is 4.15. The largest absolute Gasteiger partial charge is 0.315 e. The molecule has 2 nitrogen and oxygen atoms in total. The van der Waals surface area contributed by atoms with Gasteiger partial charge in [-0.1, -0.05) is 20.3 Å². The molecule has 0 aromatic carbocycles. The lowest BCUT2D eigenvalue weighted by Crippen LogP contribution is -2.41. The second kappa shape index (κ2) is 5.61. The van der Waals surface area contributed by atoms with Crippen LogP contribution in [-0.2, 0) is 0 Å². The maximum absolute atomic E-state index is 3.46. The van der Waals surface area contributed by atoms with Crippen LogP contribution in [0.25, 0.3) is 0 Å². The van der Waals surface area contributed by atoms with Gasteiger partial charge >= 0.3 is 0 Å². The minimum atomic E-state index is 0.762. The Kier molecular flexibility index (Phi) is 4.74. The summed E-state index contributed by atoms with van der Waals surface area (Å²) in [5.41, 5.74) is 0. The molecule has 1 aliphatic carbocycles. The summed E-state index contributed by atoms with van der Waals surface area (Å²) < 4.78 is 0. The summed E-state index contributed by atoms with van der Waals surface area (Å²) in [6.45, 7) is 6.72. The maximum atomic E-state index is 3.46. The molecule has 1 aliphatic rings. The Bertz CT molecular complexity index is 132. The van der Waals surface area contributed by atoms with Gasteiger partial charge in [0.05, 0.1) is 0 Å². The van der Waals surface area contributed by atoms with Crippen molar-refractivity contribution in [1.82, 2.24) is 10.2 Å². The Morgan fingerprint density at radius 3 is 2.54 bits per heavy atom. The predicted molar refractivity (Wildman–Crippen MR) is 58.0 cm³/mol. The zero-order valence-corrected chi connectivity index (χ0v) is 9.34. The minimum absolute atomic E-state index is 0.762. The van der Waals surface area contributed by atoms with Gasteiger partial charge < -0.3 is 5.32 Å². The summed E-state index contributed by atoms with van der Waals surface area (Å²) in [5, 5.41) is 3.46. The highest BCUT2D eigenvalue weighted by atomic mass is 15.2. The number of rotatable bonds is 7. The summed E-state index contributed by atoms with van der Waals surface area (Å²) in [7, 11) is 2.29. The van der Waals surface area contributed by atoms with E-state index < -0.39 is 0 Å². The van der Waals surface area contributed by atoms with Crippen LogP contribution in [0.5, 0.6) is 0 Å². The van der Waals surface area contributed by atoms with Gasteiger partial charge in [0, 0.05) is 18.6 Å². The summed E-state index contributed by atoms with van der Waals surface area (Å²) >= 11 is 0. The summed E-state index contributed by atoms with van der Waals surface area (Å²) in [4.78, 5) is 2.58. The fourth-order valence-electron chi connectivity index (χ4n) is 1.87. The first-order valence-electron chi connectivity index (χ1n) is 5.72. The Balaban J connectivity index is 2.26. The Labute approximate surface area is 82.7 Å². The molecule has 0 spiro atoms. The van der Waals surface area contributed by atoms with Crippen LogP contribution in [0.3, 0.4) is 0 Å². The van der Waals surface area contributed by atoms with Gasteiger partial charge in [-0.25, -0.2) is 0 Å². The van der Waals surface area contributed by atoms with Crippen LogP contribution in [-0.4, -0.2) is 37.1 Å². The van der Waals surface area contributed by atoms with Crippen molar-refractivity contribution in [2.24, 2.45) is 0 Å². The lowest BCUT2D eigenvalue weighted by molar-refractivity contribution is 0.214. The third kappa shape index (κ3) is 3.65. The number of hydrogen-bond acceptors (Lipinski definition) is 2. The molecule has 1 atom stereocenters. The van der Waals surface area contributed by atoms with E-state index in [0.717, 1.165) is 25.2 Å². The van der Waals surface area contributed by atoms with Crippen molar-refractivity contribution < 1.29 is 0 Å². The van der Waals surface area contributed by atoms with Gasteiger partial charge in [-0.2, -0.15) is 0 Å². The molecule has 0 bridgehead atoms. The smallest absolute Gasteiger partial charge is 0.0220 e. The normalized spacial score (nSPS) is 19.4. The monoisotopic (exact) mass is 184 g/mol.